The molecule has 15 heteroatoms. The summed E-state index contributed by atoms with van der Waals surface area (Å²) in [5.74, 6) is -0.975. The molecule has 0 aliphatic carbocycles. The molecule has 0 atom stereocenters. The van der Waals surface area contributed by atoms with Gasteiger partial charge in [-0.15, -0.1) is 10.2 Å². The van der Waals surface area contributed by atoms with Gasteiger partial charge in [-0.3, -0.25) is 14.5 Å². The van der Waals surface area contributed by atoms with E-state index in [0.717, 1.165) is 11.0 Å². The highest BCUT2D eigenvalue weighted by Crippen LogP contribution is 2.44. The van der Waals surface area contributed by atoms with E-state index in [4.69, 9.17) is 11.6 Å². The fourth-order valence-corrected chi connectivity index (χ4v) is 2.73. The van der Waals surface area contributed by atoms with Crippen LogP contribution in [-0.4, -0.2) is 30.6 Å². The minimum atomic E-state index is -5.13. The minimum Gasteiger partial charge on any atom is -0.271 e. The molecular formula is C17H10ClF6N7O. The van der Waals surface area contributed by atoms with Gasteiger partial charge in [-0.2, -0.15) is 31.4 Å². The van der Waals surface area contributed by atoms with Crippen molar-refractivity contribution < 1.29 is 31.1 Å². The van der Waals surface area contributed by atoms with Crippen LogP contribution in [0.2, 0.25) is 5.02 Å². The van der Waals surface area contributed by atoms with Gasteiger partial charge >= 0.3 is 12.4 Å². The Morgan fingerprint density at radius 1 is 1.03 bits per heavy atom. The van der Waals surface area contributed by atoms with Crippen molar-refractivity contribution >= 4 is 23.3 Å². The van der Waals surface area contributed by atoms with Gasteiger partial charge in [0.1, 0.15) is 6.33 Å². The van der Waals surface area contributed by atoms with Crippen molar-refractivity contribution in [2.45, 2.75) is 25.3 Å². The zero-order valence-corrected chi connectivity index (χ0v) is 16.3. The van der Waals surface area contributed by atoms with Crippen molar-refractivity contribution in [1.82, 2.24) is 24.7 Å². The number of halogens is 7. The van der Waals surface area contributed by atoms with Crippen LogP contribution in [0.25, 0.3) is 11.4 Å². The molecule has 0 spiro atoms. The van der Waals surface area contributed by atoms with Gasteiger partial charge < -0.3 is 0 Å². The van der Waals surface area contributed by atoms with Gasteiger partial charge in [0.25, 0.3) is 5.91 Å². The first-order chi connectivity index (χ1) is 14.9. The number of azo groups is 1. The molecule has 3 rings (SSSR count). The summed E-state index contributed by atoms with van der Waals surface area (Å²) in [6.45, 7) is -0.100. The lowest BCUT2D eigenvalue weighted by Crippen LogP contribution is -2.13. The summed E-state index contributed by atoms with van der Waals surface area (Å²) in [7, 11) is 0. The summed E-state index contributed by atoms with van der Waals surface area (Å²) in [5.41, 5.74) is -3.87. The number of carbonyl (C=O) groups excluding carboxylic acids is 1. The molecule has 0 unspecified atom stereocenters. The normalized spacial score (nSPS) is 12.5. The molecule has 0 saturated heterocycles. The van der Waals surface area contributed by atoms with Gasteiger partial charge in [0, 0.05) is 18.0 Å². The Morgan fingerprint density at radius 3 is 2.25 bits per heavy atom. The Bertz CT molecular complexity index is 1110. The molecule has 0 bridgehead atoms. The van der Waals surface area contributed by atoms with Crippen molar-refractivity contribution in [3.8, 4) is 11.4 Å². The number of hydrogen-bond acceptors (Lipinski definition) is 6. The van der Waals surface area contributed by atoms with E-state index in [1.54, 1.807) is 0 Å². The second-order valence-corrected chi connectivity index (χ2v) is 6.50. The van der Waals surface area contributed by atoms with E-state index in [9.17, 15) is 31.1 Å². The van der Waals surface area contributed by atoms with Crippen molar-refractivity contribution in [2.24, 2.45) is 10.2 Å². The van der Waals surface area contributed by atoms with Gasteiger partial charge in [0.15, 0.2) is 11.6 Å². The standard InChI is InChI=1S/C17H10ClF6N7O/c18-14-10(16(19,20)21)5-9(6-11(14)17(22,23)24)15-27-8-31(30-15)4-1-13(32)29-28-12-7-25-2-3-26-12/h2-3,5-8H,1,4H2. The molecule has 2 heterocycles. The van der Waals surface area contributed by atoms with Gasteiger partial charge in [-0.1, -0.05) is 11.6 Å². The van der Waals surface area contributed by atoms with Gasteiger partial charge in [-0.05, 0) is 12.1 Å². The Hall–Kier alpha value is -3.42. The van der Waals surface area contributed by atoms with E-state index in [2.05, 4.69) is 30.3 Å². The minimum absolute atomic E-state index is 0.100. The third-order valence-corrected chi connectivity index (χ3v) is 4.25. The lowest BCUT2D eigenvalue weighted by molar-refractivity contribution is -0.142. The van der Waals surface area contributed by atoms with Gasteiger partial charge in [0.05, 0.1) is 35.3 Å². The molecule has 8 nitrogen and oxygen atoms in total. The first-order valence-electron chi connectivity index (χ1n) is 8.53. The van der Waals surface area contributed by atoms with Crippen LogP contribution in [0.4, 0.5) is 32.2 Å². The summed E-state index contributed by atoms with van der Waals surface area (Å²) in [4.78, 5) is 23.0. The number of rotatable bonds is 5. The molecule has 1 amide bonds. The average Bonchev–Trinajstić information content (AvgIpc) is 3.19. The van der Waals surface area contributed by atoms with E-state index in [1.165, 1.54) is 18.6 Å². The fourth-order valence-electron chi connectivity index (χ4n) is 2.41. The Labute approximate surface area is 180 Å². The van der Waals surface area contributed by atoms with E-state index >= 15 is 0 Å². The zero-order chi connectivity index (χ0) is 23.5. The maximum atomic E-state index is 13.2. The van der Waals surface area contributed by atoms with E-state index in [0.29, 0.717) is 12.1 Å². The monoisotopic (exact) mass is 477 g/mol. The first kappa shape index (κ1) is 23.2. The number of amides is 1. The molecule has 0 aliphatic heterocycles. The van der Waals surface area contributed by atoms with E-state index in [1.807, 2.05) is 0 Å². The van der Waals surface area contributed by atoms with Crippen molar-refractivity contribution in [3.05, 3.63) is 53.2 Å². The molecule has 32 heavy (non-hydrogen) atoms. The molecule has 0 saturated carbocycles. The number of benzene rings is 1. The third-order valence-electron chi connectivity index (χ3n) is 3.85. The SMILES string of the molecule is O=C(CCn1cnc(-c2cc(C(F)(F)F)c(Cl)c(C(F)(F)F)c2)n1)N=Nc1cnccn1. The predicted octanol–water partition coefficient (Wildman–Crippen LogP) is 5.13. The predicted molar refractivity (Wildman–Crippen MR) is 96.6 cm³/mol. The van der Waals surface area contributed by atoms with E-state index < -0.39 is 45.8 Å². The second kappa shape index (κ2) is 8.98. The number of carbonyl (C=O) groups is 1. The molecule has 0 N–H and O–H groups in total. The van der Waals surface area contributed by atoms with Crippen molar-refractivity contribution in [1.29, 1.82) is 0 Å². The summed E-state index contributed by atoms with van der Waals surface area (Å²) < 4.78 is 80.0. The maximum absolute atomic E-state index is 13.2. The summed E-state index contributed by atoms with van der Waals surface area (Å²) >= 11 is 5.35. The summed E-state index contributed by atoms with van der Waals surface area (Å²) in [6.07, 6.45) is -5.39. The molecule has 0 aliphatic rings. The topological polar surface area (TPSA) is 98.3 Å². The van der Waals surface area contributed by atoms with Crippen LogP contribution in [0.3, 0.4) is 0 Å². The van der Waals surface area contributed by atoms with Crippen molar-refractivity contribution in [2.75, 3.05) is 0 Å². The third kappa shape index (κ3) is 5.63. The highest BCUT2D eigenvalue weighted by atomic mass is 35.5. The maximum Gasteiger partial charge on any atom is 0.417 e. The molecule has 0 fully saturated rings. The lowest BCUT2D eigenvalue weighted by atomic mass is 10.0. The average molecular weight is 478 g/mol. The number of aromatic nitrogens is 5. The number of aryl methyl sites for hydroxylation is 1. The number of nitrogens with zero attached hydrogens (tertiary/aromatic N) is 7. The smallest absolute Gasteiger partial charge is 0.271 e. The lowest BCUT2D eigenvalue weighted by Gasteiger charge is -2.16. The Balaban J connectivity index is 1.79. The Morgan fingerprint density at radius 2 is 1.69 bits per heavy atom. The van der Waals surface area contributed by atoms with Crippen LogP contribution < -0.4 is 0 Å². The molecule has 2 aromatic heterocycles. The number of hydrogen-bond donors (Lipinski definition) is 0. The molecule has 1 aromatic carbocycles. The van der Waals surface area contributed by atoms with Crippen molar-refractivity contribution in [3.63, 3.8) is 0 Å². The number of alkyl halides is 6. The largest absolute Gasteiger partial charge is 0.417 e. The second-order valence-electron chi connectivity index (χ2n) is 6.12. The zero-order valence-electron chi connectivity index (χ0n) is 15.6. The van der Waals surface area contributed by atoms with Crippen LogP contribution in [0, 0.1) is 0 Å². The van der Waals surface area contributed by atoms with E-state index in [-0.39, 0.29) is 18.8 Å². The molecule has 0 radical (unpaired) electrons. The fraction of sp³-hybridized carbons (Fsp3) is 0.235. The van der Waals surface area contributed by atoms with Gasteiger partial charge in [0.2, 0.25) is 0 Å². The molecular weight excluding hydrogens is 468 g/mol. The quantitative estimate of drug-likeness (QED) is 0.375. The van der Waals surface area contributed by atoms with Crippen LogP contribution >= 0.6 is 11.6 Å². The highest BCUT2D eigenvalue weighted by Gasteiger charge is 2.41. The molecule has 168 valence electrons. The summed E-state index contributed by atoms with van der Waals surface area (Å²) in [5, 5.41) is 9.36. The van der Waals surface area contributed by atoms with Crippen LogP contribution in [0.5, 0.6) is 0 Å². The first-order valence-corrected chi connectivity index (χ1v) is 8.91. The van der Waals surface area contributed by atoms with Gasteiger partial charge in [-0.25, -0.2) is 9.97 Å². The van der Waals surface area contributed by atoms with Crippen LogP contribution in [0.15, 0.2) is 47.3 Å². The molecule has 3 aromatic rings. The highest BCUT2D eigenvalue weighted by molar-refractivity contribution is 6.32. The van der Waals surface area contributed by atoms with Crippen LogP contribution in [0.1, 0.15) is 17.5 Å². The summed E-state index contributed by atoms with van der Waals surface area (Å²) in [6, 6.07) is 0.856. The Kier molecular flexibility index (Phi) is 6.52. The van der Waals surface area contributed by atoms with Crippen LogP contribution in [-0.2, 0) is 23.7 Å².